The number of amides is 1. The fourth-order valence-electron chi connectivity index (χ4n) is 2.04. The van der Waals surface area contributed by atoms with Gasteiger partial charge in [-0.3, -0.25) is 4.79 Å². The molecule has 0 bridgehead atoms. The van der Waals surface area contributed by atoms with Gasteiger partial charge in [0.1, 0.15) is 5.75 Å². The van der Waals surface area contributed by atoms with Gasteiger partial charge in [0.05, 0.1) is 12.1 Å². The number of aliphatic hydroxyl groups excluding tert-OH is 1. The molecule has 2 unspecified atom stereocenters. The molecule has 1 aromatic rings. The Bertz CT molecular complexity index is 496. The second kappa shape index (κ2) is 7.66. The monoisotopic (exact) mass is 340 g/mol. The zero-order valence-electron chi connectivity index (χ0n) is 11.4. The van der Waals surface area contributed by atoms with E-state index in [9.17, 15) is 23.1 Å². The summed E-state index contributed by atoms with van der Waals surface area (Å²) < 4.78 is 39.7. The Hall–Kier alpha value is -1.51. The van der Waals surface area contributed by atoms with Crippen LogP contribution in [0, 0.1) is 0 Å². The minimum absolute atomic E-state index is 0. The number of ether oxygens (including phenoxy) is 1. The molecule has 1 aromatic carbocycles. The van der Waals surface area contributed by atoms with Gasteiger partial charge in [-0.2, -0.15) is 0 Å². The molecule has 1 amide bonds. The van der Waals surface area contributed by atoms with Gasteiger partial charge in [-0.1, -0.05) is 12.1 Å². The molecular formula is C13H16ClF3N2O3. The summed E-state index contributed by atoms with van der Waals surface area (Å²) >= 11 is 0. The van der Waals surface area contributed by atoms with E-state index in [2.05, 4.69) is 15.4 Å². The van der Waals surface area contributed by atoms with E-state index < -0.39 is 18.5 Å². The second-order valence-electron chi connectivity index (χ2n) is 4.76. The van der Waals surface area contributed by atoms with E-state index in [1.807, 2.05) is 0 Å². The van der Waals surface area contributed by atoms with E-state index in [4.69, 9.17) is 0 Å². The van der Waals surface area contributed by atoms with Crippen molar-refractivity contribution in [3.63, 3.8) is 0 Å². The summed E-state index contributed by atoms with van der Waals surface area (Å²) in [6, 6.07) is 4.82. The smallest absolute Gasteiger partial charge is 0.406 e. The number of β-amino-alcohol motifs (C(OH)–C–C–N with tert-alkyl or cyclic N) is 1. The maximum atomic E-state index is 12.0. The molecule has 9 heteroatoms. The Balaban J connectivity index is 0.00000242. The molecule has 2 atom stereocenters. The largest absolute Gasteiger partial charge is 0.573 e. The van der Waals surface area contributed by atoms with E-state index in [1.165, 1.54) is 24.3 Å². The van der Waals surface area contributed by atoms with Crippen LogP contribution in [0.2, 0.25) is 0 Å². The van der Waals surface area contributed by atoms with Gasteiger partial charge in [0.2, 0.25) is 5.91 Å². The predicted octanol–water partition coefficient (Wildman–Crippen LogP) is 1.35. The average Bonchev–Trinajstić information content (AvgIpc) is 2.82. The fourth-order valence-corrected chi connectivity index (χ4v) is 2.04. The summed E-state index contributed by atoms with van der Waals surface area (Å²) in [4.78, 5) is 11.8. The molecule has 1 saturated heterocycles. The van der Waals surface area contributed by atoms with Crippen LogP contribution in [0.5, 0.6) is 5.75 Å². The van der Waals surface area contributed by atoms with Crippen LogP contribution in [0.25, 0.3) is 0 Å². The van der Waals surface area contributed by atoms with Crippen LogP contribution in [-0.4, -0.2) is 36.1 Å². The van der Waals surface area contributed by atoms with Crippen molar-refractivity contribution >= 4 is 18.3 Å². The van der Waals surface area contributed by atoms with Crippen molar-refractivity contribution in [2.24, 2.45) is 0 Å². The van der Waals surface area contributed by atoms with Crippen molar-refractivity contribution in [1.29, 1.82) is 0 Å². The zero-order valence-corrected chi connectivity index (χ0v) is 12.2. The van der Waals surface area contributed by atoms with Gasteiger partial charge < -0.3 is 20.5 Å². The minimum Gasteiger partial charge on any atom is -0.406 e. The van der Waals surface area contributed by atoms with Crippen LogP contribution >= 0.6 is 12.4 Å². The van der Waals surface area contributed by atoms with Crippen LogP contribution < -0.4 is 15.4 Å². The van der Waals surface area contributed by atoms with Crippen LogP contribution in [-0.2, 0) is 11.3 Å². The highest BCUT2D eigenvalue weighted by Gasteiger charge is 2.31. The summed E-state index contributed by atoms with van der Waals surface area (Å²) in [5.74, 6) is -0.555. The first-order chi connectivity index (χ1) is 9.83. The number of rotatable bonds is 4. The first-order valence-electron chi connectivity index (χ1n) is 6.37. The highest BCUT2D eigenvalue weighted by Crippen LogP contribution is 2.22. The molecular weight excluding hydrogens is 325 g/mol. The molecule has 0 spiro atoms. The number of carbonyl (C=O) groups excluding carboxylic acids is 1. The molecule has 0 aromatic heterocycles. The lowest BCUT2D eigenvalue weighted by Crippen LogP contribution is -2.39. The van der Waals surface area contributed by atoms with Crippen LogP contribution in [0.4, 0.5) is 13.2 Å². The Morgan fingerprint density at radius 1 is 1.36 bits per heavy atom. The van der Waals surface area contributed by atoms with Crippen molar-refractivity contribution in [2.45, 2.75) is 31.5 Å². The van der Waals surface area contributed by atoms with Gasteiger partial charge >= 0.3 is 6.36 Å². The Morgan fingerprint density at radius 2 is 2.00 bits per heavy atom. The Labute approximate surface area is 131 Å². The molecule has 1 aliphatic heterocycles. The van der Waals surface area contributed by atoms with E-state index in [1.54, 1.807) is 0 Å². The standard InChI is InChI=1S/C13H15F3N2O3.ClH/c14-13(15,16)21-10-3-1-8(2-4-10)6-18-12(20)11-5-9(19)7-17-11;/h1-4,9,11,17,19H,5-7H2,(H,18,20);1H. The van der Waals surface area contributed by atoms with E-state index in [0.29, 0.717) is 18.5 Å². The summed E-state index contributed by atoms with van der Waals surface area (Å²) in [5, 5.41) is 14.8. The topological polar surface area (TPSA) is 70.6 Å². The van der Waals surface area contributed by atoms with Gasteiger partial charge in [0.15, 0.2) is 0 Å². The molecule has 3 N–H and O–H groups in total. The number of carbonyl (C=O) groups is 1. The SMILES string of the molecule is Cl.O=C(NCc1ccc(OC(F)(F)F)cc1)C1CC(O)CN1. The Morgan fingerprint density at radius 3 is 2.50 bits per heavy atom. The quantitative estimate of drug-likeness (QED) is 0.774. The van der Waals surface area contributed by atoms with Crippen LogP contribution in [0.3, 0.4) is 0 Å². The van der Waals surface area contributed by atoms with Gasteiger partial charge in [-0.25, -0.2) is 0 Å². The maximum absolute atomic E-state index is 12.0. The molecule has 0 aliphatic carbocycles. The van der Waals surface area contributed by atoms with Gasteiger partial charge in [-0.15, -0.1) is 25.6 Å². The van der Waals surface area contributed by atoms with Gasteiger partial charge in [0, 0.05) is 13.1 Å². The van der Waals surface area contributed by atoms with E-state index in [-0.39, 0.29) is 30.6 Å². The number of benzene rings is 1. The molecule has 5 nitrogen and oxygen atoms in total. The molecule has 1 heterocycles. The molecule has 22 heavy (non-hydrogen) atoms. The van der Waals surface area contributed by atoms with Crippen molar-refractivity contribution in [2.75, 3.05) is 6.54 Å². The number of hydrogen-bond donors (Lipinski definition) is 3. The number of hydrogen-bond acceptors (Lipinski definition) is 4. The third kappa shape index (κ3) is 5.70. The van der Waals surface area contributed by atoms with Crippen molar-refractivity contribution in [3.8, 4) is 5.75 Å². The lowest BCUT2D eigenvalue weighted by molar-refractivity contribution is -0.274. The fraction of sp³-hybridized carbons (Fsp3) is 0.462. The molecule has 0 saturated carbocycles. The van der Waals surface area contributed by atoms with Crippen molar-refractivity contribution in [1.82, 2.24) is 10.6 Å². The second-order valence-corrected chi connectivity index (χ2v) is 4.76. The third-order valence-electron chi connectivity index (χ3n) is 3.05. The van der Waals surface area contributed by atoms with E-state index >= 15 is 0 Å². The lowest BCUT2D eigenvalue weighted by atomic mass is 10.1. The van der Waals surface area contributed by atoms with Crippen molar-refractivity contribution < 1.29 is 27.8 Å². The zero-order chi connectivity index (χ0) is 15.5. The first kappa shape index (κ1) is 18.5. The molecule has 124 valence electrons. The lowest BCUT2D eigenvalue weighted by Gasteiger charge is -2.12. The summed E-state index contributed by atoms with van der Waals surface area (Å²) in [6.45, 7) is 0.570. The highest BCUT2D eigenvalue weighted by atomic mass is 35.5. The molecule has 0 radical (unpaired) electrons. The van der Waals surface area contributed by atoms with Gasteiger partial charge in [-0.05, 0) is 24.1 Å². The molecule has 1 aliphatic rings. The van der Waals surface area contributed by atoms with Gasteiger partial charge in [0.25, 0.3) is 0 Å². The normalized spacial score (nSPS) is 21.1. The van der Waals surface area contributed by atoms with Crippen LogP contribution in [0.15, 0.2) is 24.3 Å². The van der Waals surface area contributed by atoms with Crippen molar-refractivity contribution in [3.05, 3.63) is 29.8 Å². The molecule has 2 rings (SSSR count). The summed E-state index contributed by atoms with van der Waals surface area (Å²) in [5.41, 5.74) is 0.649. The first-order valence-corrected chi connectivity index (χ1v) is 6.37. The van der Waals surface area contributed by atoms with Crippen LogP contribution in [0.1, 0.15) is 12.0 Å². The maximum Gasteiger partial charge on any atom is 0.573 e. The number of halogens is 4. The number of alkyl halides is 3. The third-order valence-corrected chi connectivity index (χ3v) is 3.05. The number of nitrogens with one attached hydrogen (secondary N) is 2. The van der Waals surface area contributed by atoms with E-state index in [0.717, 1.165) is 0 Å². The predicted molar refractivity (Wildman–Crippen MR) is 74.6 cm³/mol. The molecule has 1 fully saturated rings. The number of aliphatic hydroxyl groups is 1. The Kier molecular flexibility index (Phi) is 6.46. The highest BCUT2D eigenvalue weighted by molar-refractivity contribution is 5.85. The average molecular weight is 341 g/mol. The summed E-state index contributed by atoms with van der Waals surface area (Å²) in [7, 11) is 0. The summed E-state index contributed by atoms with van der Waals surface area (Å²) in [6.07, 6.45) is -4.89. The minimum atomic E-state index is -4.72.